The minimum absolute atomic E-state index is 0.336. The lowest BCUT2D eigenvalue weighted by Gasteiger charge is -2.05. The zero-order chi connectivity index (χ0) is 8.10. The summed E-state index contributed by atoms with van der Waals surface area (Å²) in [6, 6.07) is 0. The highest BCUT2D eigenvalue weighted by Gasteiger charge is 1.99. The lowest BCUT2D eigenvalue weighted by Crippen LogP contribution is -1.92. The van der Waals surface area contributed by atoms with E-state index in [4.69, 9.17) is 11.6 Å². The first kappa shape index (κ1) is 8.28. The molecule has 58 valence electrons. The van der Waals surface area contributed by atoms with Gasteiger partial charge in [-0.05, 0) is 30.0 Å². The van der Waals surface area contributed by atoms with Gasteiger partial charge in [0.15, 0.2) is 0 Å². The van der Waals surface area contributed by atoms with E-state index < -0.39 is 5.24 Å². The largest absolute Gasteiger partial charge is 0.276 e. The molecular weight excluding hydrogens is 160 g/mol. The van der Waals surface area contributed by atoms with E-state index in [2.05, 4.69) is 6.08 Å². The van der Waals surface area contributed by atoms with Gasteiger partial charge in [0, 0.05) is 0 Å². The van der Waals surface area contributed by atoms with Gasteiger partial charge in [0.25, 0.3) is 0 Å². The highest BCUT2D eigenvalue weighted by atomic mass is 35.5. The van der Waals surface area contributed by atoms with E-state index in [1.54, 1.807) is 0 Å². The number of hydrogen-bond donors (Lipinski definition) is 0. The Morgan fingerprint density at radius 1 is 1.55 bits per heavy atom. The third kappa shape index (κ3) is 3.19. The van der Waals surface area contributed by atoms with Crippen LogP contribution >= 0.6 is 11.6 Å². The summed E-state index contributed by atoms with van der Waals surface area (Å²) in [5, 5.41) is -0.409. The van der Waals surface area contributed by atoms with Gasteiger partial charge in [-0.25, -0.2) is 0 Å². The lowest BCUT2D eigenvalue weighted by atomic mass is 10.0. The summed E-state index contributed by atoms with van der Waals surface area (Å²) in [5.41, 5.74) is 0. The number of rotatable bonds is 2. The molecule has 0 heterocycles. The van der Waals surface area contributed by atoms with E-state index >= 15 is 0 Å². The van der Waals surface area contributed by atoms with E-state index in [9.17, 15) is 4.79 Å². The molecule has 0 bridgehead atoms. The van der Waals surface area contributed by atoms with Crippen LogP contribution in [0.5, 0.6) is 0 Å². The lowest BCUT2D eigenvalue weighted by molar-refractivity contribution is -0.107. The molecule has 0 aromatic heterocycles. The smallest absolute Gasteiger partial charge is 0.244 e. The highest BCUT2D eigenvalue weighted by molar-refractivity contribution is 6.66. The van der Waals surface area contributed by atoms with Crippen LogP contribution in [-0.4, -0.2) is 5.24 Å². The molecule has 0 radical (unpaired) electrons. The van der Waals surface area contributed by atoms with Gasteiger partial charge in [-0.3, -0.25) is 4.79 Å². The molecule has 0 amide bonds. The Bertz CT molecular complexity index is 226. The van der Waals surface area contributed by atoms with Crippen molar-refractivity contribution >= 4 is 16.8 Å². The Morgan fingerprint density at radius 2 is 2.36 bits per heavy atom. The summed E-state index contributed by atoms with van der Waals surface area (Å²) in [5.74, 6) is 0.336. The highest BCUT2D eigenvalue weighted by Crippen LogP contribution is 2.12. The van der Waals surface area contributed by atoms with Crippen LogP contribution in [0.15, 0.2) is 36.5 Å². The van der Waals surface area contributed by atoms with Crippen molar-refractivity contribution in [3.05, 3.63) is 36.5 Å². The number of carbonyl (C=O) groups is 1. The third-order valence-electron chi connectivity index (χ3n) is 1.49. The first-order chi connectivity index (χ1) is 5.29. The van der Waals surface area contributed by atoms with Crippen molar-refractivity contribution in [3.63, 3.8) is 0 Å². The van der Waals surface area contributed by atoms with Crippen LogP contribution in [-0.2, 0) is 4.79 Å². The summed E-state index contributed by atoms with van der Waals surface area (Å²) >= 11 is 5.13. The normalized spacial score (nSPS) is 22.8. The topological polar surface area (TPSA) is 17.1 Å². The number of hydrogen-bond acceptors (Lipinski definition) is 1. The van der Waals surface area contributed by atoms with Gasteiger partial charge in [0.2, 0.25) is 5.24 Å². The zero-order valence-electron chi connectivity index (χ0n) is 6.03. The van der Waals surface area contributed by atoms with Gasteiger partial charge in [-0.2, -0.15) is 0 Å². The van der Waals surface area contributed by atoms with Gasteiger partial charge in [-0.1, -0.05) is 30.4 Å². The first-order valence-corrected chi connectivity index (χ1v) is 3.88. The van der Waals surface area contributed by atoms with E-state index in [-0.39, 0.29) is 0 Å². The van der Waals surface area contributed by atoms with Crippen molar-refractivity contribution in [1.29, 1.82) is 0 Å². The Balaban J connectivity index is 2.44. The molecule has 1 atom stereocenters. The van der Waals surface area contributed by atoms with Gasteiger partial charge in [0.05, 0.1) is 0 Å². The quantitative estimate of drug-likeness (QED) is 0.457. The number of carbonyl (C=O) groups excluding carboxylic acids is 1. The van der Waals surface area contributed by atoms with Crippen LogP contribution in [0.25, 0.3) is 0 Å². The second-order valence-electron chi connectivity index (χ2n) is 2.38. The molecule has 0 saturated carbocycles. The second kappa shape index (κ2) is 4.14. The molecular formula is C9H9ClO. The molecule has 0 N–H and O–H groups in total. The predicted octanol–water partition coefficient (Wildman–Crippen LogP) is 2.44. The molecule has 0 spiro atoms. The molecule has 0 fully saturated rings. The number of allylic oxidation sites excluding steroid dienone is 6. The fourth-order valence-corrected chi connectivity index (χ4v) is 1.01. The average molecular weight is 169 g/mol. The minimum atomic E-state index is -0.409. The van der Waals surface area contributed by atoms with Crippen LogP contribution in [0.1, 0.15) is 6.42 Å². The summed E-state index contributed by atoms with van der Waals surface area (Å²) in [4.78, 5) is 10.3. The Kier molecular flexibility index (Phi) is 3.12. The molecule has 1 nitrogen and oxygen atoms in total. The SMILES string of the molecule is O=C(Cl)C=CC1C=CC=CC1. The molecule has 2 heteroatoms. The fourth-order valence-electron chi connectivity index (χ4n) is 0.942. The maximum atomic E-state index is 10.3. The van der Waals surface area contributed by atoms with E-state index in [1.165, 1.54) is 6.08 Å². The Labute approximate surface area is 71.0 Å². The van der Waals surface area contributed by atoms with E-state index in [0.29, 0.717) is 5.92 Å². The van der Waals surface area contributed by atoms with E-state index in [0.717, 1.165) is 6.42 Å². The number of halogens is 1. The summed E-state index contributed by atoms with van der Waals surface area (Å²) in [7, 11) is 0. The fraction of sp³-hybridized carbons (Fsp3) is 0.222. The monoisotopic (exact) mass is 168 g/mol. The maximum absolute atomic E-state index is 10.3. The van der Waals surface area contributed by atoms with Crippen LogP contribution in [0.2, 0.25) is 0 Å². The van der Waals surface area contributed by atoms with Crippen molar-refractivity contribution in [2.24, 2.45) is 5.92 Å². The molecule has 1 aliphatic carbocycles. The van der Waals surface area contributed by atoms with Crippen LogP contribution < -0.4 is 0 Å². The molecule has 0 aromatic carbocycles. The molecule has 0 aliphatic heterocycles. The van der Waals surface area contributed by atoms with E-state index in [1.807, 2.05) is 24.3 Å². The zero-order valence-corrected chi connectivity index (χ0v) is 6.79. The molecule has 11 heavy (non-hydrogen) atoms. The predicted molar refractivity (Wildman–Crippen MR) is 46.4 cm³/mol. The Hall–Kier alpha value is -0.820. The molecule has 1 unspecified atom stereocenters. The van der Waals surface area contributed by atoms with Crippen molar-refractivity contribution in [1.82, 2.24) is 0 Å². The average Bonchev–Trinajstić information content (AvgIpc) is 2.03. The van der Waals surface area contributed by atoms with Gasteiger partial charge in [0.1, 0.15) is 0 Å². The van der Waals surface area contributed by atoms with Gasteiger partial charge >= 0.3 is 0 Å². The summed E-state index contributed by atoms with van der Waals surface area (Å²) in [6.07, 6.45) is 12.2. The molecule has 1 aliphatic rings. The van der Waals surface area contributed by atoms with Crippen LogP contribution in [0, 0.1) is 5.92 Å². The van der Waals surface area contributed by atoms with Crippen molar-refractivity contribution in [2.45, 2.75) is 6.42 Å². The van der Waals surface area contributed by atoms with Gasteiger partial charge in [-0.15, -0.1) is 0 Å². The van der Waals surface area contributed by atoms with Crippen molar-refractivity contribution < 1.29 is 4.79 Å². The van der Waals surface area contributed by atoms with Crippen LogP contribution in [0.4, 0.5) is 0 Å². The van der Waals surface area contributed by atoms with Crippen LogP contribution in [0.3, 0.4) is 0 Å². The summed E-state index contributed by atoms with van der Waals surface area (Å²) < 4.78 is 0. The maximum Gasteiger partial charge on any atom is 0.244 e. The van der Waals surface area contributed by atoms with Crippen molar-refractivity contribution in [2.75, 3.05) is 0 Å². The molecule has 0 aromatic rings. The third-order valence-corrected chi connectivity index (χ3v) is 1.61. The van der Waals surface area contributed by atoms with Gasteiger partial charge < -0.3 is 0 Å². The first-order valence-electron chi connectivity index (χ1n) is 3.50. The molecule has 1 rings (SSSR count). The second-order valence-corrected chi connectivity index (χ2v) is 2.75. The Morgan fingerprint density at radius 3 is 2.91 bits per heavy atom. The van der Waals surface area contributed by atoms with Crippen molar-refractivity contribution in [3.8, 4) is 0 Å². The standard InChI is InChI=1S/C9H9ClO/c10-9(11)7-6-8-4-2-1-3-5-8/h1-4,6-8H,5H2. The molecule has 0 saturated heterocycles. The minimum Gasteiger partial charge on any atom is -0.276 e. The summed E-state index contributed by atoms with van der Waals surface area (Å²) in [6.45, 7) is 0.